The van der Waals surface area contributed by atoms with Crippen LogP contribution in [0.1, 0.15) is 24.3 Å². The van der Waals surface area contributed by atoms with Crippen molar-refractivity contribution in [1.82, 2.24) is 14.5 Å². The maximum Gasteiger partial charge on any atom is 0.272 e. The van der Waals surface area contributed by atoms with Crippen LogP contribution in [0.15, 0.2) is 35.6 Å². The fourth-order valence-corrected chi connectivity index (χ4v) is 2.69. The van der Waals surface area contributed by atoms with Gasteiger partial charge in [-0.3, -0.25) is 9.36 Å². The Hall–Kier alpha value is -1.82. The van der Waals surface area contributed by atoms with E-state index in [0.29, 0.717) is 23.9 Å². The molecule has 0 spiro atoms. The van der Waals surface area contributed by atoms with Crippen LogP contribution in [-0.2, 0) is 0 Å². The minimum Gasteiger partial charge on any atom is -0.338 e. The summed E-state index contributed by atoms with van der Waals surface area (Å²) in [5.41, 5.74) is 1.23. The normalized spacial score (nSPS) is 10.7. The molecule has 6 heteroatoms. The number of rotatable bonds is 5. The number of nitrogens with zero attached hydrogens (tertiary/aromatic N) is 3. The van der Waals surface area contributed by atoms with Crippen LogP contribution in [0.25, 0.3) is 5.69 Å². The first-order valence-electron chi connectivity index (χ1n) is 6.79. The number of hydrogen-bond donors (Lipinski definition) is 0. The van der Waals surface area contributed by atoms with E-state index in [0.717, 1.165) is 5.69 Å². The fraction of sp³-hybridized carbons (Fsp3) is 0.333. The molecular weight excluding hydrogens is 289 g/mol. The summed E-state index contributed by atoms with van der Waals surface area (Å²) in [5.74, 6) is -0.377. The average Bonchev–Trinajstić information content (AvgIpc) is 2.93. The first kappa shape index (κ1) is 15.6. The molecule has 0 bridgehead atoms. The Morgan fingerprint density at radius 1 is 1.29 bits per heavy atom. The van der Waals surface area contributed by atoms with Crippen LogP contribution in [0.5, 0.6) is 0 Å². The van der Waals surface area contributed by atoms with Gasteiger partial charge in [-0.05, 0) is 44.4 Å². The minimum atomic E-state index is -0.304. The predicted molar refractivity (Wildman–Crippen MR) is 82.6 cm³/mol. The van der Waals surface area contributed by atoms with Crippen molar-refractivity contribution in [1.29, 1.82) is 0 Å². The van der Waals surface area contributed by atoms with E-state index in [4.69, 9.17) is 0 Å². The van der Waals surface area contributed by atoms with Crippen LogP contribution in [0.2, 0.25) is 0 Å². The maximum absolute atomic E-state index is 13.1. The van der Waals surface area contributed by atoms with Crippen molar-refractivity contribution in [3.63, 3.8) is 0 Å². The minimum absolute atomic E-state index is 0.0721. The summed E-state index contributed by atoms with van der Waals surface area (Å²) in [7, 11) is 0. The molecule has 4 nitrogen and oxygen atoms in total. The second-order valence-electron chi connectivity index (χ2n) is 4.42. The zero-order valence-electron chi connectivity index (χ0n) is 12.3. The molecule has 112 valence electrons. The van der Waals surface area contributed by atoms with Crippen LogP contribution in [-0.4, -0.2) is 39.7 Å². The standard InChI is InChI=1S/C15H18FN3OS/c1-4-18(5-2)14(20)13-10-17-15(21-3)19(13)12-8-6-11(16)7-9-12/h6-10H,4-5H2,1-3H3. The van der Waals surface area contributed by atoms with E-state index in [2.05, 4.69) is 4.98 Å². The second kappa shape index (κ2) is 6.76. The molecule has 0 aliphatic heterocycles. The van der Waals surface area contributed by atoms with Gasteiger partial charge in [0.05, 0.1) is 6.20 Å². The number of imidazole rings is 1. The summed E-state index contributed by atoms with van der Waals surface area (Å²) in [4.78, 5) is 18.6. The van der Waals surface area contributed by atoms with E-state index in [1.807, 2.05) is 20.1 Å². The molecule has 0 saturated carbocycles. The summed E-state index contributed by atoms with van der Waals surface area (Å²) in [6, 6.07) is 6.06. The second-order valence-corrected chi connectivity index (χ2v) is 5.19. The van der Waals surface area contributed by atoms with Gasteiger partial charge < -0.3 is 4.90 Å². The Kier molecular flexibility index (Phi) is 5.01. The number of hydrogen-bond acceptors (Lipinski definition) is 3. The molecule has 1 aromatic heterocycles. The van der Waals surface area contributed by atoms with E-state index in [-0.39, 0.29) is 11.7 Å². The topological polar surface area (TPSA) is 38.1 Å². The quantitative estimate of drug-likeness (QED) is 0.796. The third-order valence-corrected chi connectivity index (χ3v) is 3.92. The Morgan fingerprint density at radius 2 is 1.90 bits per heavy atom. The van der Waals surface area contributed by atoms with Crippen LogP contribution >= 0.6 is 11.8 Å². The molecule has 21 heavy (non-hydrogen) atoms. The van der Waals surface area contributed by atoms with Gasteiger partial charge in [0.25, 0.3) is 5.91 Å². The Morgan fingerprint density at radius 3 is 2.43 bits per heavy atom. The number of carbonyl (C=O) groups excluding carboxylic acids is 1. The van der Waals surface area contributed by atoms with Gasteiger partial charge in [0.1, 0.15) is 11.5 Å². The van der Waals surface area contributed by atoms with Crippen molar-refractivity contribution in [3.8, 4) is 5.69 Å². The van der Waals surface area contributed by atoms with E-state index in [1.165, 1.54) is 23.9 Å². The van der Waals surface area contributed by atoms with E-state index >= 15 is 0 Å². The molecule has 0 radical (unpaired) electrons. The van der Waals surface area contributed by atoms with Crippen molar-refractivity contribution in [2.75, 3.05) is 19.3 Å². The first-order chi connectivity index (χ1) is 10.1. The largest absolute Gasteiger partial charge is 0.338 e. The third-order valence-electron chi connectivity index (χ3n) is 3.27. The summed E-state index contributed by atoms with van der Waals surface area (Å²) < 4.78 is 14.9. The summed E-state index contributed by atoms with van der Waals surface area (Å²) in [6.07, 6.45) is 3.48. The van der Waals surface area contributed by atoms with Crippen LogP contribution in [0.3, 0.4) is 0 Å². The highest BCUT2D eigenvalue weighted by atomic mass is 32.2. The van der Waals surface area contributed by atoms with Crippen LogP contribution in [0.4, 0.5) is 4.39 Å². The number of amides is 1. The van der Waals surface area contributed by atoms with Gasteiger partial charge >= 0.3 is 0 Å². The van der Waals surface area contributed by atoms with Gasteiger partial charge in [0, 0.05) is 18.8 Å². The van der Waals surface area contributed by atoms with Gasteiger partial charge in [0.15, 0.2) is 5.16 Å². The number of halogens is 1. The summed E-state index contributed by atoms with van der Waals surface area (Å²) in [6.45, 7) is 5.15. The molecule has 1 aromatic carbocycles. The molecule has 0 fully saturated rings. The average molecular weight is 307 g/mol. The highest BCUT2D eigenvalue weighted by Gasteiger charge is 2.21. The molecule has 0 saturated heterocycles. The van der Waals surface area contributed by atoms with Gasteiger partial charge in [-0.15, -0.1) is 0 Å². The lowest BCUT2D eigenvalue weighted by Gasteiger charge is -2.19. The van der Waals surface area contributed by atoms with Crippen molar-refractivity contribution < 1.29 is 9.18 Å². The molecule has 0 aliphatic carbocycles. The number of aromatic nitrogens is 2. The van der Waals surface area contributed by atoms with E-state index < -0.39 is 0 Å². The molecule has 0 N–H and O–H groups in total. The predicted octanol–water partition coefficient (Wildman–Crippen LogP) is 3.22. The molecule has 0 aliphatic rings. The zero-order chi connectivity index (χ0) is 15.4. The highest BCUT2D eigenvalue weighted by Crippen LogP contribution is 2.23. The lowest BCUT2D eigenvalue weighted by molar-refractivity contribution is 0.0764. The number of thioether (sulfide) groups is 1. The third kappa shape index (κ3) is 3.10. The van der Waals surface area contributed by atoms with Crippen molar-refractivity contribution >= 4 is 17.7 Å². The lowest BCUT2D eigenvalue weighted by atomic mass is 10.3. The van der Waals surface area contributed by atoms with Crippen LogP contribution in [0, 0.1) is 5.82 Å². The molecule has 0 unspecified atom stereocenters. The van der Waals surface area contributed by atoms with Gasteiger partial charge in [-0.1, -0.05) is 11.8 Å². The maximum atomic E-state index is 13.1. The van der Waals surface area contributed by atoms with Crippen molar-refractivity contribution in [3.05, 3.63) is 42.0 Å². The van der Waals surface area contributed by atoms with Gasteiger partial charge in [-0.2, -0.15) is 0 Å². The summed E-state index contributed by atoms with van der Waals surface area (Å²) >= 11 is 1.45. The number of carbonyl (C=O) groups is 1. The Balaban J connectivity index is 2.51. The Bertz CT molecular complexity index is 620. The Labute approximate surface area is 128 Å². The molecule has 1 heterocycles. The highest BCUT2D eigenvalue weighted by molar-refractivity contribution is 7.98. The monoisotopic (exact) mass is 307 g/mol. The van der Waals surface area contributed by atoms with E-state index in [9.17, 15) is 9.18 Å². The van der Waals surface area contributed by atoms with E-state index in [1.54, 1.807) is 27.8 Å². The molecule has 0 atom stereocenters. The molecule has 1 amide bonds. The van der Waals surface area contributed by atoms with Crippen molar-refractivity contribution in [2.45, 2.75) is 19.0 Å². The SMILES string of the molecule is CCN(CC)C(=O)c1cnc(SC)n1-c1ccc(F)cc1. The van der Waals surface area contributed by atoms with Gasteiger partial charge in [-0.25, -0.2) is 9.37 Å². The molecule has 2 rings (SSSR count). The molecule has 2 aromatic rings. The summed E-state index contributed by atoms with van der Waals surface area (Å²) in [5, 5.41) is 0.706. The fourth-order valence-electron chi connectivity index (χ4n) is 2.14. The van der Waals surface area contributed by atoms with Crippen LogP contribution < -0.4 is 0 Å². The zero-order valence-corrected chi connectivity index (χ0v) is 13.2. The molecular formula is C15H18FN3OS. The lowest BCUT2D eigenvalue weighted by Crippen LogP contribution is -2.32. The van der Waals surface area contributed by atoms with Crippen molar-refractivity contribution in [2.24, 2.45) is 0 Å². The smallest absolute Gasteiger partial charge is 0.272 e. The van der Waals surface area contributed by atoms with Gasteiger partial charge in [0.2, 0.25) is 0 Å². The number of benzene rings is 1. The first-order valence-corrected chi connectivity index (χ1v) is 8.01.